The summed E-state index contributed by atoms with van der Waals surface area (Å²) in [6, 6.07) is -1.63. The Morgan fingerprint density at radius 3 is 1.20 bits per heavy atom. The molecule has 0 aliphatic heterocycles. The molecule has 9 heteroatoms. The van der Waals surface area contributed by atoms with Crippen LogP contribution in [0.4, 0.5) is 0 Å². The summed E-state index contributed by atoms with van der Waals surface area (Å²) >= 11 is 7.30. The van der Waals surface area contributed by atoms with Gasteiger partial charge in [-0.1, -0.05) is 0 Å². The minimum atomic E-state index is -1.00. The topological polar surface area (TPSA) is 127 Å². The minimum Gasteiger partial charge on any atom is -0.480 e. The number of rotatable bonds is 4. The maximum atomic E-state index is 9.76. The second-order valence-corrected chi connectivity index (χ2v) is 2.98. The van der Waals surface area contributed by atoms with Crippen molar-refractivity contribution in [1.29, 1.82) is 0 Å². The molecule has 0 fully saturated rings. The zero-order chi connectivity index (χ0) is 11.7. The second kappa shape index (κ2) is 12.2. The van der Waals surface area contributed by atoms with E-state index in [0.717, 1.165) is 0 Å². The molecule has 0 bridgehead atoms. The fourth-order valence-corrected chi connectivity index (χ4v) is 0.469. The summed E-state index contributed by atoms with van der Waals surface area (Å²) in [5.74, 6) is -1.63. The number of thiol groups is 2. The molecule has 0 aromatic rings. The number of carboxylic acid groups (broad SMARTS) is 2. The average Bonchev–Trinajstić information content (AvgIpc) is 2.15. The van der Waals surface area contributed by atoms with Gasteiger partial charge in [0.15, 0.2) is 0 Å². The van der Waals surface area contributed by atoms with Gasteiger partial charge in [0, 0.05) is 28.6 Å². The molecule has 0 aliphatic carbocycles. The zero-order valence-electron chi connectivity index (χ0n) is 7.63. The Bertz CT molecular complexity index is 176. The number of aliphatic carboxylic acids is 2. The summed E-state index contributed by atoms with van der Waals surface area (Å²) in [7, 11) is 0. The van der Waals surface area contributed by atoms with E-state index in [9.17, 15) is 9.59 Å². The van der Waals surface area contributed by atoms with E-state index in [2.05, 4.69) is 25.3 Å². The zero-order valence-corrected chi connectivity index (χ0v) is 10.4. The van der Waals surface area contributed by atoms with Crippen molar-refractivity contribution in [3.05, 3.63) is 0 Å². The summed E-state index contributed by atoms with van der Waals surface area (Å²) in [4.78, 5) is 19.5. The van der Waals surface area contributed by atoms with Crippen molar-refractivity contribution >= 4 is 37.2 Å². The fourth-order valence-electron chi connectivity index (χ4n) is 0.156. The first-order chi connectivity index (χ1) is 6.36. The largest absolute Gasteiger partial charge is 0.480 e. The quantitative estimate of drug-likeness (QED) is 0.282. The monoisotopic (exact) mass is 305 g/mol. The van der Waals surface area contributed by atoms with Crippen LogP contribution in [0, 0.1) is 0 Å². The van der Waals surface area contributed by atoms with Crippen LogP contribution < -0.4 is 11.5 Å². The van der Waals surface area contributed by atoms with E-state index >= 15 is 0 Å². The van der Waals surface area contributed by atoms with Gasteiger partial charge in [-0.3, -0.25) is 9.59 Å². The SMILES string of the molecule is N[C@@H](CS)C(=O)O.N[C@@H](CS)C(=O)O.[Cu]. The van der Waals surface area contributed by atoms with Crippen LogP contribution in [-0.2, 0) is 26.7 Å². The standard InChI is InChI=1S/2C3H7NO2S.Cu/c2*4-2(1-7)3(5)6;/h2*2,7H,1,4H2,(H,5,6);/t2*2-;/m00./s1. The molecule has 6 nitrogen and oxygen atoms in total. The van der Waals surface area contributed by atoms with E-state index in [-0.39, 0.29) is 28.6 Å². The average molecular weight is 306 g/mol. The summed E-state index contributed by atoms with van der Waals surface area (Å²) in [5.41, 5.74) is 9.88. The number of carboxylic acids is 2. The Balaban J connectivity index is -0.000000180. The molecule has 95 valence electrons. The predicted molar refractivity (Wildman–Crippen MR) is 58.9 cm³/mol. The van der Waals surface area contributed by atoms with Gasteiger partial charge < -0.3 is 21.7 Å². The molecule has 0 heterocycles. The summed E-state index contributed by atoms with van der Waals surface area (Å²) < 4.78 is 0. The van der Waals surface area contributed by atoms with Gasteiger partial charge in [0.25, 0.3) is 0 Å². The van der Waals surface area contributed by atoms with Crippen LogP contribution >= 0.6 is 25.3 Å². The third kappa shape index (κ3) is 14.1. The van der Waals surface area contributed by atoms with Crippen molar-refractivity contribution < 1.29 is 36.9 Å². The summed E-state index contributed by atoms with van der Waals surface area (Å²) in [6.45, 7) is 0. The summed E-state index contributed by atoms with van der Waals surface area (Å²) in [5, 5.41) is 16.0. The van der Waals surface area contributed by atoms with Crippen LogP contribution in [0.15, 0.2) is 0 Å². The molecule has 1 radical (unpaired) electrons. The van der Waals surface area contributed by atoms with Gasteiger partial charge in [0.1, 0.15) is 12.1 Å². The maximum Gasteiger partial charge on any atom is 0.321 e. The molecule has 0 spiro atoms. The van der Waals surface area contributed by atoms with Gasteiger partial charge in [-0.05, 0) is 0 Å². The number of nitrogens with two attached hydrogens (primary N) is 2. The smallest absolute Gasteiger partial charge is 0.321 e. The molecule has 0 aromatic carbocycles. The molecule has 0 unspecified atom stereocenters. The van der Waals surface area contributed by atoms with Crippen molar-refractivity contribution in [3.8, 4) is 0 Å². The number of hydrogen-bond acceptors (Lipinski definition) is 6. The van der Waals surface area contributed by atoms with Crippen molar-refractivity contribution in [2.24, 2.45) is 11.5 Å². The third-order valence-corrected chi connectivity index (χ3v) is 1.81. The van der Waals surface area contributed by atoms with Crippen LogP contribution in [-0.4, -0.2) is 45.7 Å². The normalized spacial score (nSPS) is 12.5. The Kier molecular flexibility index (Phi) is 16.6. The van der Waals surface area contributed by atoms with Crippen LogP contribution in [0.2, 0.25) is 0 Å². The molecule has 0 aromatic heterocycles. The molecule has 0 saturated carbocycles. The van der Waals surface area contributed by atoms with Crippen molar-refractivity contribution in [1.82, 2.24) is 0 Å². The molecular formula is C6H14CuN2O4S2. The van der Waals surface area contributed by atoms with Crippen molar-refractivity contribution in [2.45, 2.75) is 12.1 Å². The first-order valence-corrected chi connectivity index (χ1v) is 4.81. The van der Waals surface area contributed by atoms with Gasteiger partial charge in [-0.2, -0.15) is 25.3 Å². The second-order valence-electron chi connectivity index (χ2n) is 2.25. The molecule has 15 heavy (non-hydrogen) atoms. The minimum absolute atomic E-state index is 0. The Hall–Kier alpha value is 0.0795. The molecule has 0 amide bonds. The molecule has 0 aliphatic rings. The molecule has 2 atom stereocenters. The van der Waals surface area contributed by atoms with Crippen molar-refractivity contribution in [3.63, 3.8) is 0 Å². The van der Waals surface area contributed by atoms with Crippen LogP contribution in [0.25, 0.3) is 0 Å². The first-order valence-electron chi connectivity index (χ1n) is 3.55. The van der Waals surface area contributed by atoms with E-state index in [1.165, 1.54) is 0 Å². The van der Waals surface area contributed by atoms with E-state index in [1.807, 2.05) is 0 Å². The molecule has 0 rings (SSSR count). The number of carbonyl (C=O) groups is 2. The van der Waals surface area contributed by atoms with E-state index < -0.39 is 24.0 Å². The first kappa shape index (κ1) is 20.5. The maximum absolute atomic E-state index is 9.76. The van der Waals surface area contributed by atoms with Gasteiger partial charge >= 0.3 is 11.9 Å². The summed E-state index contributed by atoms with van der Waals surface area (Å²) in [6.07, 6.45) is 0. The fraction of sp³-hybridized carbons (Fsp3) is 0.667. The third-order valence-electron chi connectivity index (χ3n) is 1.03. The number of hydrogen-bond donors (Lipinski definition) is 6. The van der Waals surface area contributed by atoms with Crippen molar-refractivity contribution in [2.75, 3.05) is 11.5 Å². The van der Waals surface area contributed by atoms with Crippen LogP contribution in [0.3, 0.4) is 0 Å². The molecular weight excluding hydrogens is 292 g/mol. The Labute approximate surface area is 109 Å². The Morgan fingerprint density at radius 1 is 1.00 bits per heavy atom. The van der Waals surface area contributed by atoms with Gasteiger partial charge in [0.05, 0.1) is 0 Å². The Morgan fingerprint density at radius 2 is 1.20 bits per heavy atom. The molecule has 0 saturated heterocycles. The van der Waals surface area contributed by atoms with E-state index in [0.29, 0.717) is 0 Å². The van der Waals surface area contributed by atoms with Gasteiger partial charge in [0.2, 0.25) is 0 Å². The van der Waals surface area contributed by atoms with Crippen LogP contribution in [0.1, 0.15) is 0 Å². The predicted octanol–water partition coefficient (Wildman–Crippen LogP) is -1.35. The van der Waals surface area contributed by atoms with E-state index in [1.54, 1.807) is 0 Å². The molecule has 6 N–H and O–H groups in total. The van der Waals surface area contributed by atoms with Crippen LogP contribution in [0.5, 0.6) is 0 Å². The van der Waals surface area contributed by atoms with E-state index in [4.69, 9.17) is 21.7 Å². The van der Waals surface area contributed by atoms with Gasteiger partial charge in [-0.25, -0.2) is 0 Å². The van der Waals surface area contributed by atoms with Gasteiger partial charge in [-0.15, -0.1) is 0 Å².